The van der Waals surface area contributed by atoms with Gasteiger partial charge < -0.3 is 14.7 Å². The van der Waals surface area contributed by atoms with Gasteiger partial charge in [0.2, 0.25) is 11.9 Å². The van der Waals surface area contributed by atoms with Crippen LogP contribution in [0.15, 0.2) is 24.5 Å². The van der Waals surface area contributed by atoms with Gasteiger partial charge in [-0.2, -0.15) is 0 Å². The number of nitrogens with zero attached hydrogens (tertiary/aromatic N) is 7. The van der Waals surface area contributed by atoms with Crippen LogP contribution < -0.4 is 9.80 Å². The summed E-state index contributed by atoms with van der Waals surface area (Å²) in [4.78, 5) is 37.1. The molecule has 0 spiro atoms. The van der Waals surface area contributed by atoms with E-state index in [-0.39, 0.29) is 5.91 Å². The molecule has 148 valence electrons. The smallest absolute Gasteiger partial charge is 0.272 e. The van der Waals surface area contributed by atoms with E-state index in [2.05, 4.69) is 29.7 Å². The summed E-state index contributed by atoms with van der Waals surface area (Å²) in [5.41, 5.74) is 1.34. The molecule has 2 aromatic rings. The summed E-state index contributed by atoms with van der Waals surface area (Å²) in [6, 6.07) is 3.63. The van der Waals surface area contributed by atoms with Crippen molar-refractivity contribution in [2.24, 2.45) is 0 Å². The number of carbonyl (C=O) groups is 1. The summed E-state index contributed by atoms with van der Waals surface area (Å²) in [6.45, 7) is 6.74. The van der Waals surface area contributed by atoms with Gasteiger partial charge in [0.05, 0.1) is 0 Å². The Kier molecular flexibility index (Phi) is 5.64. The largest absolute Gasteiger partial charge is 0.337 e. The molecule has 0 bridgehead atoms. The molecule has 0 unspecified atom stereocenters. The zero-order valence-corrected chi connectivity index (χ0v) is 16.4. The molecule has 2 fully saturated rings. The molecule has 1 amide bonds. The minimum Gasteiger partial charge on any atom is -0.337 e. The van der Waals surface area contributed by atoms with Crippen molar-refractivity contribution in [2.45, 2.75) is 32.6 Å². The molecular formula is C20H27N7O. The molecule has 8 nitrogen and oxygen atoms in total. The number of carbonyl (C=O) groups excluding carboxylic acids is 1. The molecule has 0 aromatic carbocycles. The van der Waals surface area contributed by atoms with Crippen LogP contribution in [0.25, 0.3) is 0 Å². The zero-order chi connectivity index (χ0) is 19.3. The third kappa shape index (κ3) is 4.21. The van der Waals surface area contributed by atoms with Gasteiger partial charge in [-0.3, -0.25) is 4.79 Å². The third-order valence-electron chi connectivity index (χ3n) is 5.35. The van der Waals surface area contributed by atoms with Gasteiger partial charge in [-0.1, -0.05) is 12.8 Å². The van der Waals surface area contributed by atoms with Crippen LogP contribution in [0.1, 0.15) is 41.9 Å². The lowest BCUT2D eigenvalue weighted by Gasteiger charge is -2.34. The van der Waals surface area contributed by atoms with Crippen molar-refractivity contribution in [2.75, 3.05) is 49.1 Å². The SMILES string of the molecule is Cc1cc(C(=O)N2CCCCCC2)nc(N2CCN(c3ncccn3)CC2)n1. The van der Waals surface area contributed by atoms with Crippen LogP contribution in [0.4, 0.5) is 11.9 Å². The van der Waals surface area contributed by atoms with Crippen molar-refractivity contribution in [3.8, 4) is 0 Å². The second kappa shape index (κ2) is 8.50. The first-order valence-electron chi connectivity index (χ1n) is 10.1. The maximum Gasteiger partial charge on any atom is 0.272 e. The number of rotatable bonds is 3. The minimum absolute atomic E-state index is 0.0324. The Bertz CT molecular complexity index is 797. The Morgan fingerprint density at radius 2 is 1.43 bits per heavy atom. The number of hydrogen-bond acceptors (Lipinski definition) is 7. The van der Waals surface area contributed by atoms with Crippen LogP contribution >= 0.6 is 0 Å². The van der Waals surface area contributed by atoms with Crippen LogP contribution in [0, 0.1) is 6.92 Å². The van der Waals surface area contributed by atoms with Crippen LogP contribution in [-0.2, 0) is 0 Å². The van der Waals surface area contributed by atoms with Gasteiger partial charge in [-0.25, -0.2) is 19.9 Å². The lowest BCUT2D eigenvalue weighted by Crippen LogP contribution is -2.48. The molecule has 8 heteroatoms. The second-order valence-corrected chi connectivity index (χ2v) is 7.42. The molecule has 28 heavy (non-hydrogen) atoms. The van der Waals surface area contributed by atoms with Crippen LogP contribution in [0.2, 0.25) is 0 Å². The van der Waals surface area contributed by atoms with Crippen molar-refractivity contribution in [1.29, 1.82) is 0 Å². The summed E-state index contributed by atoms with van der Waals surface area (Å²) in [7, 11) is 0. The van der Waals surface area contributed by atoms with Crippen molar-refractivity contribution < 1.29 is 4.79 Å². The highest BCUT2D eigenvalue weighted by molar-refractivity contribution is 5.92. The average Bonchev–Trinajstić information content (AvgIpc) is 3.03. The van der Waals surface area contributed by atoms with Crippen molar-refractivity contribution in [3.05, 3.63) is 35.9 Å². The van der Waals surface area contributed by atoms with Crippen LogP contribution in [0.3, 0.4) is 0 Å². The van der Waals surface area contributed by atoms with Crippen molar-refractivity contribution in [1.82, 2.24) is 24.8 Å². The quantitative estimate of drug-likeness (QED) is 0.804. The Hall–Kier alpha value is -2.77. The number of anilines is 2. The number of hydrogen-bond donors (Lipinski definition) is 0. The van der Waals surface area contributed by atoms with Gasteiger partial charge in [0, 0.05) is 57.4 Å². The Morgan fingerprint density at radius 3 is 2.07 bits per heavy atom. The molecule has 0 aliphatic carbocycles. The highest BCUT2D eigenvalue weighted by Crippen LogP contribution is 2.18. The van der Waals surface area contributed by atoms with E-state index in [0.717, 1.165) is 63.8 Å². The Balaban J connectivity index is 1.46. The first kappa shape index (κ1) is 18.6. The molecule has 0 saturated carbocycles. The topological polar surface area (TPSA) is 78.4 Å². The molecule has 0 N–H and O–H groups in total. The van der Waals surface area contributed by atoms with Gasteiger partial charge >= 0.3 is 0 Å². The van der Waals surface area contributed by atoms with E-state index in [1.165, 1.54) is 12.8 Å². The molecular weight excluding hydrogens is 354 g/mol. The molecule has 2 aliphatic heterocycles. The van der Waals surface area contributed by atoms with Gasteiger partial charge in [0.1, 0.15) is 5.69 Å². The number of piperazine rings is 1. The van der Waals surface area contributed by atoms with Crippen molar-refractivity contribution in [3.63, 3.8) is 0 Å². The number of amides is 1. The van der Waals surface area contributed by atoms with Gasteiger partial charge in [0.25, 0.3) is 5.91 Å². The standard InChI is InChI=1S/C20H27N7O/c1-16-15-17(18(28)25-9-4-2-3-5-10-25)24-20(23-16)27-13-11-26(12-14-27)19-21-7-6-8-22-19/h6-8,15H,2-5,9-14H2,1H3. The van der Waals surface area contributed by atoms with E-state index < -0.39 is 0 Å². The molecule has 0 atom stereocenters. The number of aromatic nitrogens is 4. The van der Waals surface area contributed by atoms with E-state index >= 15 is 0 Å². The van der Waals surface area contributed by atoms with E-state index in [1.54, 1.807) is 12.4 Å². The Labute approximate surface area is 165 Å². The lowest BCUT2D eigenvalue weighted by molar-refractivity contribution is 0.0755. The van der Waals surface area contributed by atoms with E-state index in [4.69, 9.17) is 0 Å². The highest BCUT2D eigenvalue weighted by atomic mass is 16.2. The summed E-state index contributed by atoms with van der Waals surface area (Å²) in [5.74, 6) is 1.43. The minimum atomic E-state index is 0.0324. The summed E-state index contributed by atoms with van der Waals surface area (Å²) in [6.07, 6.45) is 8.08. The predicted octanol–water partition coefficient (Wildman–Crippen LogP) is 1.92. The van der Waals surface area contributed by atoms with E-state index in [1.807, 2.05) is 24.0 Å². The summed E-state index contributed by atoms with van der Waals surface area (Å²) in [5, 5.41) is 0. The van der Waals surface area contributed by atoms with E-state index in [9.17, 15) is 4.79 Å². The zero-order valence-electron chi connectivity index (χ0n) is 16.4. The maximum atomic E-state index is 13.0. The fourth-order valence-electron chi connectivity index (χ4n) is 3.80. The third-order valence-corrected chi connectivity index (χ3v) is 5.35. The van der Waals surface area contributed by atoms with Gasteiger partial charge in [-0.05, 0) is 31.9 Å². The fourth-order valence-corrected chi connectivity index (χ4v) is 3.80. The van der Waals surface area contributed by atoms with Gasteiger partial charge in [0.15, 0.2) is 0 Å². The van der Waals surface area contributed by atoms with Crippen LogP contribution in [-0.4, -0.2) is 70.0 Å². The summed E-state index contributed by atoms with van der Waals surface area (Å²) >= 11 is 0. The number of aryl methyl sites for hydroxylation is 1. The average molecular weight is 381 g/mol. The second-order valence-electron chi connectivity index (χ2n) is 7.42. The molecule has 0 radical (unpaired) electrons. The molecule has 4 heterocycles. The normalized spacial score (nSPS) is 18.1. The fraction of sp³-hybridized carbons (Fsp3) is 0.550. The lowest BCUT2D eigenvalue weighted by atomic mass is 10.2. The molecule has 2 aromatic heterocycles. The van der Waals surface area contributed by atoms with Gasteiger partial charge in [-0.15, -0.1) is 0 Å². The highest BCUT2D eigenvalue weighted by Gasteiger charge is 2.24. The monoisotopic (exact) mass is 381 g/mol. The molecule has 2 saturated heterocycles. The Morgan fingerprint density at radius 1 is 0.821 bits per heavy atom. The van der Waals surface area contributed by atoms with Crippen molar-refractivity contribution >= 4 is 17.8 Å². The van der Waals surface area contributed by atoms with Crippen LogP contribution in [0.5, 0.6) is 0 Å². The molecule has 4 rings (SSSR count). The first-order chi connectivity index (χ1) is 13.7. The van der Waals surface area contributed by atoms with E-state index in [0.29, 0.717) is 11.6 Å². The maximum absolute atomic E-state index is 13.0. The predicted molar refractivity (Wildman–Crippen MR) is 108 cm³/mol. The molecule has 2 aliphatic rings. The first-order valence-corrected chi connectivity index (χ1v) is 10.1. The summed E-state index contributed by atoms with van der Waals surface area (Å²) < 4.78 is 0. The number of likely N-dealkylation sites (tertiary alicyclic amines) is 1.